The Hall–Kier alpha value is -1.49. The average molecular weight is 235 g/mol. The summed E-state index contributed by atoms with van der Waals surface area (Å²) < 4.78 is 4.81. The Bertz CT molecular complexity index is 383. The lowest BCUT2D eigenvalue weighted by Crippen LogP contribution is -2.24. The van der Waals surface area contributed by atoms with E-state index in [1.807, 2.05) is 0 Å². The summed E-state index contributed by atoms with van der Waals surface area (Å²) in [6, 6.07) is 1.80. The van der Waals surface area contributed by atoms with Crippen LogP contribution in [-0.2, 0) is 16.1 Å². The molecule has 1 aliphatic rings. The lowest BCUT2D eigenvalue weighted by molar-refractivity contribution is -0.146. The molecule has 17 heavy (non-hydrogen) atoms. The van der Waals surface area contributed by atoms with Gasteiger partial charge in [-0.2, -0.15) is 0 Å². The minimum Gasteiger partial charge on any atom is -0.469 e. The molecule has 1 aromatic heterocycles. The molecule has 2 rings (SSSR count). The topological polar surface area (TPSA) is 55.3 Å². The average Bonchev–Trinajstić information content (AvgIpc) is 2.70. The van der Waals surface area contributed by atoms with Crippen molar-refractivity contribution in [2.75, 3.05) is 20.2 Å². The third-order valence-corrected chi connectivity index (χ3v) is 3.18. The van der Waals surface area contributed by atoms with E-state index in [4.69, 9.17) is 4.74 Å². The van der Waals surface area contributed by atoms with Gasteiger partial charge in [0.25, 0.3) is 0 Å². The third kappa shape index (κ3) is 2.79. The molecule has 2 atom stereocenters. The van der Waals surface area contributed by atoms with Crippen molar-refractivity contribution < 1.29 is 9.53 Å². The number of hydrogen-bond acceptors (Lipinski definition) is 5. The van der Waals surface area contributed by atoms with Crippen LogP contribution in [0.4, 0.5) is 0 Å². The van der Waals surface area contributed by atoms with E-state index in [9.17, 15) is 4.79 Å². The first-order chi connectivity index (χ1) is 8.20. The third-order valence-electron chi connectivity index (χ3n) is 3.18. The maximum Gasteiger partial charge on any atom is 0.310 e. The normalized spacial score (nSPS) is 24.8. The van der Waals surface area contributed by atoms with Crippen molar-refractivity contribution in [2.24, 2.45) is 11.8 Å². The highest BCUT2D eigenvalue weighted by atomic mass is 16.5. The molecule has 0 spiro atoms. The molecule has 5 nitrogen and oxygen atoms in total. The summed E-state index contributed by atoms with van der Waals surface area (Å²) in [4.78, 5) is 22.1. The first-order valence-corrected chi connectivity index (χ1v) is 5.76. The zero-order valence-electron chi connectivity index (χ0n) is 10.2. The molecule has 5 heteroatoms. The van der Waals surface area contributed by atoms with Gasteiger partial charge in [-0.1, -0.05) is 6.92 Å². The molecule has 2 heterocycles. The highest BCUT2D eigenvalue weighted by Crippen LogP contribution is 2.24. The molecule has 1 aromatic rings. The highest BCUT2D eigenvalue weighted by molar-refractivity contribution is 5.73. The molecule has 0 amide bonds. The van der Waals surface area contributed by atoms with Crippen LogP contribution >= 0.6 is 0 Å². The first-order valence-electron chi connectivity index (χ1n) is 5.76. The van der Waals surface area contributed by atoms with E-state index in [0.29, 0.717) is 12.5 Å². The number of aromatic nitrogens is 2. The zero-order chi connectivity index (χ0) is 12.3. The fraction of sp³-hybridized carbons (Fsp3) is 0.583. The SMILES string of the molecule is COC(=O)[C@H]1CN(Cc2ncccn2)C[C@@H]1C. The molecule has 0 bridgehead atoms. The van der Waals surface area contributed by atoms with E-state index in [0.717, 1.165) is 18.9 Å². The van der Waals surface area contributed by atoms with Gasteiger partial charge in [-0.05, 0) is 12.0 Å². The van der Waals surface area contributed by atoms with Crippen molar-refractivity contribution in [3.8, 4) is 0 Å². The van der Waals surface area contributed by atoms with Crippen LogP contribution in [0.25, 0.3) is 0 Å². The van der Waals surface area contributed by atoms with Crippen molar-refractivity contribution in [3.63, 3.8) is 0 Å². The Morgan fingerprint density at radius 1 is 1.47 bits per heavy atom. The van der Waals surface area contributed by atoms with Crippen molar-refractivity contribution in [2.45, 2.75) is 13.5 Å². The summed E-state index contributed by atoms with van der Waals surface area (Å²) in [5.41, 5.74) is 0. The van der Waals surface area contributed by atoms with Crippen LogP contribution in [0.2, 0.25) is 0 Å². The van der Waals surface area contributed by atoms with E-state index < -0.39 is 0 Å². The molecule has 0 aromatic carbocycles. The van der Waals surface area contributed by atoms with Crippen LogP contribution in [0, 0.1) is 11.8 Å². The van der Waals surface area contributed by atoms with Gasteiger partial charge in [0, 0.05) is 25.5 Å². The summed E-state index contributed by atoms with van der Waals surface area (Å²) in [6.45, 7) is 4.39. The number of hydrogen-bond donors (Lipinski definition) is 0. The summed E-state index contributed by atoms with van der Waals surface area (Å²) in [6.07, 6.45) is 3.47. The number of carbonyl (C=O) groups is 1. The lowest BCUT2D eigenvalue weighted by Gasteiger charge is -2.13. The fourth-order valence-electron chi connectivity index (χ4n) is 2.27. The summed E-state index contributed by atoms with van der Waals surface area (Å²) >= 11 is 0. The zero-order valence-corrected chi connectivity index (χ0v) is 10.2. The molecule has 1 aliphatic heterocycles. The predicted molar refractivity (Wildman–Crippen MR) is 62.0 cm³/mol. The number of ether oxygens (including phenoxy) is 1. The van der Waals surface area contributed by atoms with Crippen LogP contribution in [-0.4, -0.2) is 41.0 Å². The second-order valence-corrected chi connectivity index (χ2v) is 4.47. The van der Waals surface area contributed by atoms with Gasteiger partial charge in [0.05, 0.1) is 19.6 Å². The monoisotopic (exact) mass is 235 g/mol. The number of nitrogens with zero attached hydrogens (tertiary/aromatic N) is 3. The van der Waals surface area contributed by atoms with Crippen LogP contribution in [0.1, 0.15) is 12.7 Å². The van der Waals surface area contributed by atoms with Crippen LogP contribution in [0.3, 0.4) is 0 Å². The predicted octanol–water partition coefficient (Wildman–Crippen LogP) is 0.717. The van der Waals surface area contributed by atoms with Crippen molar-refractivity contribution in [1.82, 2.24) is 14.9 Å². The molecule has 0 radical (unpaired) electrons. The van der Waals surface area contributed by atoms with Gasteiger partial charge < -0.3 is 4.74 Å². The van der Waals surface area contributed by atoms with E-state index >= 15 is 0 Å². The second kappa shape index (κ2) is 5.23. The van der Waals surface area contributed by atoms with Gasteiger partial charge in [0.2, 0.25) is 0 Å². The van der Waals surface area contributed by atoms with Gasteiger partial charge in [-0.15, -0.1) is 0 Å². The Balaban J connectivity index is 1.95. The van der Waals surface area contributed by atoms with E-state index in [-0.39, 0.29) is 11.9 Å². The minimum atomic E-state index is -0.117. The van der Waals surface area contributed by atoms with E-state index in [1.165, 1.54) is 7.11 Å². The van der Waals surface area contributed by atoms with E-state index in [1.54, 1.807) is 18.5 Å². The Morgan fingerprint density at radius 3 is 2.82 bits per heavy atom. The van der Waals surface area contributed by atoms with Gasteiger partial charge in [-0.25, -0.2) is 9.97 Å². The van der Waals surface area contributed by atoms with Gasteiger partial charge in [-0.3, -0.25) is 9.69 Å². The van der Waals surface area contributed by atoms with Crippen molar-refractivity contribution in [3.05, 3.63) is 24.3 Å². The van der Waals surface area contributed by atoms with Crippen molar-refractivity contribution in [1.29, 1.82) is 0 Å². The minimum absolute atomic E-state index is 0.0243. The number of esters is 1. The standard InChI is InChI=1S/C12H17N3O2/c1-9-6-15(7-10(9)12(16)17-2)8-11-13-4-3-5-14-11/h3-5,9-10H,6-8H2,1-2H3/t9-,10-/m0/s1. The Kier molecular flexibility index (Phi) is 3.68. The molecule has 1 fully saturated rings. The Labute approximate surface area is 101 Å². The molecule has 0 unspecified atom stereocenters. The molecule has 0 saturated carbocycles. The summed E-state index contributed by atoms with van der Waals surface area (Å²) in [5.74, 6) is 0.981. The van der Waals surface area contributed by atoms with Gasteiger partial charge in [0.15, 0.2) is 0 Å². The maximum atomic E-state index is 11.5. The van der Waals surface area contributed by atoms with Crippen LogP contribution < -0.4 is 0 Å². The molecule has 92 valence electrons. The van der Waals surface area contributed by atoms with E-state index in [2.05, 4.69) is 21.8 Å². The molecule has 1 saturated heterocycles. The van der Waals surface area contributed by atoms with Gasteiger partial charge >= 0.3 is 5.97 Å². The molecule has 0 aliphatic carbocycles. The van der Waals surface area contributed by atoms with Gasteiger partial charge in [0.1, 0.15) is 5.82 Å². The molecular weight excluding hydrogens is 218 g/mol. The summed E-state index contributed by atoms with van der Waals surface area (Å²) in [5, 5.41) is 0. The molecule has 0 N–H and O–H groups in total. The fourth-order valence-corrected chi connectivity index (χ4v) is 2.27. The molecular formula is C12H17N3O2. The first kappa shape index (κ1) is 12.0. The Morgan fingerprint density at radius 2 is 2.18 bits per heavy atom. The smallest absolute Gasteiger partial charge is 0.310 e. The highest BCUT2D eigenvalue weighted by Gasteiger charge is 2.35. The lowest BCUT2D eigenvalue weighted by atomic mass is 9.99. The number of likely N-dealkylation sites (tertiary alicyclic amines) is 1. The summed E-state index contributed by atoms with van der Waals surface area (Å²) in [7, 11) is 1.44. The number of rotatable bonds is 3. The van der Waals surface area contributed by atoms with Crippen LogP contribution in [0.15, 0.2) is 18.5 Å². The number of methoxy groups -OCH3 is 1. The second-order valence-electron chi connectivity index (χ2n) is 4.47. The van der Waals surface area contributed by atoms with Crippen LogP contribution in [0.5, 0.6) is 0 Å². The maximum absolute atomic E-state index is 11.5. The number of carbonyl (C=O) groups excluding carboxylic acids is 1. The largest absolute Gasteiger partial charge is 0.469 e. The quantitative estimate of drug-likeness (QED) is 0.722. The van der Waals surface area contributed by atoms with Crippen molar-refractivity contribution >= 4 is 5.97 Å².